The molecule has 0 aromatic heterocycles. The quantitative estimate of drug-likeness (QED) is 0.305. The monoisotopic (exact) mass is 403 g/mol. The Morgan fingerprint density at radius 1 is 1.26 bits per heavy atom. The lowest BCUT2D eigenvalue weighted by atomic mass is 9.98. The zero-order valence-corrected chi connectivity index (χ0v) is 16.0. The second-order valence-corrected chi connectivity index (χ2v) is 6.82. The van der Waals surface area contributed by atoms with E-state index in [9.17, 15) is 20.2 Å². The van der Waals surface area contributed by atoms with Crippen LogP contribution in [0.1, 0.15) is 30.9 Å². The van der Waals surface area contributed by atoms with Gasteiger partial charge in [0.05, 0.1) is 15.6 Å². The molecule has 1 amide bonds. The van der Waals surface area contributed by atoms with Crippen LogP contribution in [-0.4, -0.2) is 10.8 Å². The van der Waals surface area contributed by atoms with E-state index in [0.717, 1.165) is 0 Å². The summed E-state index contributed by atoms with van der Waals surface area (Å²) in [5.74, 6) is -0.716. The summed E-state index contributed by atoms with van der Waals surface area (Å²) in [6.07, 6.45) is 1.29. The first-order valence-electron chi connectivity index (χ1n) is 7.89. The highest BCUT2D eigenvalue weighted by Crippen LogP contribution is 2.29. The molecular weight excluding hydrogens is 389 g/mol. The summed E-state index contributed by atoms with van der Waals surface area (Å²) in [7, 11) is 0. The van der Waals surface area contributed by atoms with Crippen LogP contribution in [-0.2, 0) is 4.79 Å². The maximum Gasteiger partial charge on any atom is 0.273 e. The fourth-order valence-corrected chi connectivity index (χ4v) is 2.85. The predicted molar refractivity (Wildman–Crippen MR) is 106 cm³/mol. The van der Waals surface area contributed by atoms with E-state index in [-0.39, 0.29) is 22.2 Å². The molecule has 138 valence electrons. The van der Waals surface area contributed by atoms with Crippen molar-refractivity contribution in [3.63, 3.8) is 0 Å². The Bertz CT molecular complexity index is 979. The summed E-state index contributed by atoms with van der Waals surface area (Å²) in [5.41, 5.74) is 0.978. The van der Waals surface area contributed by atoms with Crippen LogP contribution in [0, 0.1) is 21.4 Å². The van der Waals surface area contributed by atoms with Crippen molar-refractivity contribution < 1.29 is 9.72 Å². The van der Waals surface area contributed by atoms with Crippen molar-refractivity contribution in [2.45, 2.75) is 19.8 Å². The number of nitriles is 1. The van der Waals surface area contributed by atoms with E-state index in [1.165, 1.54) is 24.3 Å². The van der Waals surface area contributed by atoms with Crippen LogP contribution in [0.5, 0.6) is 0 Å². The van der Waals surface area contributed by atoms with Crippen molar-refractivity contribution in [3.05, 3.63) is 73.3 Å². The molecule has 0 saturated heterocycles. The van der Waals surface area contributed by atoms with E-state index >= 15 is 0 Å². The van der Waals surface area contributed by atoms with Crippen LogP contribution < -0.4 is 5.32 Å². The van der Waals surface area contributed by atoms with Crippen LogP contribution in [0.25, 0.3) is 6.08 Å². The van der Waals surface area contributed by atoms with Crippen molar-refractivity contribution in [2.75, 3.05) is 5.32 Å². The Morgan fingerprint density at radius 3 is 2.52 bits per heavy atom. The van der Waals surface area contributed by atoms with Gasteiger partial charge in [-0.25, -0.2) is 0 Å². The number of carbonyl (C=O) groups is 1. The number of nitrogens with one attached hydrogen (secondary N) is 1. The summed E-state index contributed by atoms with van der Waals surface area (Å²) < 4.78 is 0. The Hall–Kier alpha value is -2.88. The molecule has 2 aromatic rings. The summed E-state index contributed by atoms with van der Waals surface area (Å²) >= 11 is 11.8. The van der Waals surface area contributed by atoms with Crippen molar-refractivity contribution in [1.29, 1.82) is 5.26 Å². The van der Waals surface area contributed by atoms with E-state index in [0.29, 0.717) is 21.8 Å². The molecule has 0 bridgehead atoms. The molecule has 27 heavy (non-hydrogen) atoms. The van der Waals surface area contributed by atoms with Crippen molar-refractivity contribution in [3.8, 4) is 6.07 Å². The first kappa shape index (κ1) is 20.4. The average molecular weight is 404 g/mol. The topological polar surface area (TPSA) is 96.0 Å². The minimum absolute atomic E-state index is 0.0331. The van der Waals surface area contributed by atoms with Gasteiger partial charge in [0, 0.05) is 16.7 Å². The molecule has 0 heterocycles. The average Bonchev–Trinajstić information content (AvgIpc) is 2.61. The number of anilines is 1. The fourth-order valence-electron chi connectivity index (χ4n) is 2.39. The number of benzene rings is 2. The van der Waals surface area contributed by atoms with E-state index in [2.05, 4.69) is 5.32 Å². The van der Waals surface area contributed by atoms with Crippen molar-refractivity contribution in [2.24, 2.45) is 0 Å². The molecule has 2 rings (SSSR count). The second kappa shape index (κ2) is 8.67. The number of halogens is 2. The predicted octanol–water partition coefficient (Wildman–Crippen LogP) is 5.57. The molecule has 8 heteroatoms. The molecule has 0 spiro atoms. The van der Waals surface area contributed by atoms with Crippen molar-refractivity contribution in [1.82, 2.24) is 0 Å². The van der Waals surface area contributed by atoms with Gasteiger partial charge in [-0.2, -0.15) is 5.26 Å². The second-order valence-electron chi connectivity index (χ2n) is 5.98. The first-order chi connectivity index (χ1) is 12.7. The number of rotatable bonds is 5. The van der Waals surface area contributed by atoms with Crippen LogP contribution in [0.2, 0.25) is 10.0 Å². The summed E-state index contributed by atoms with van der Waals surface area (Å²) in [4.78, 5) is 23.2. The van der Waals surface area contributed by atoms with Crippen molar-refractivity contribution >= 4 is 46.6 Å². The molecule has 0 radical (unpaired) electrons. The van der Waals surface area contributed by atoms with Gasteiger partial charge in [-0.1, -0.05) is 49.2 Å². The van der Waals surface area contributed by atoms with Gasteiger partial charge in [-0.3, -0.25) is 14.9 Å². The Morgan fingerprint density at radius 2 is 1.96 bits per heavy atom. The lowest BCUT2D eigenvalue weighted by Crippen LogP contribution is -2.13. The lowest BCUT2D eigenvalue weighted by molar-refractivity contribution is -0.385. The number of carbonyl (C=O) groups excluding carboxylic acids is 1. The molecule has 0 aliphatic heterocycles. The number of hydrogen-bond donors (Lipinski definition) is 1. The molecule has 0 unspecified atom stereocenters. The molecule has 0 aliphatic rings. The Labute approximate surface area is 166 Å². The van der Waals surface area contributed by atoms with Gasteiger partial charge in [0.25, 0.3) is 11.6 Å². The fraction of sp³-hybridized carbons (Fsp3) is 0.158. The highest BCUT2D eigenvalue weighted by atomic mass is 35.5. The van der Waals surface area contributed by atoms with Crippen LogP contribution in [0.4, 0.5) is 11.4 Å². The highest BCUT2D eigenvalue weighted by molar-refractivity contribution is 6.36. The third kappa shape index (κ3) is 5.07. The number of nitro benzene ring substituents is 1. The highest BCUT2D eigenvalue weighted by Gasteiger charge is 2.18. The minimum Gasteiger partial charge on any atom is -0.320 e. The molecule has 2 aromatic carbocycles. The molecule has 0 saturated carbocycles. The first-order valence-corrected chi connectivity index (χ1v) is 8.65. The van der Waals surface area contributed by atoms with Gasteiger partial charge in [0.15, 0.2) is 0 Å². The van der Waals surface area contributed by atoms with E-state index < -0.39 is 10.8 Å². The zero-order valence-electron chi connectivity index (χ0n) is 14.5. The minimum atomic E-state index is -0.683. The van der Waals surface area contributed by atoms with Crippen LogP contribution in [0.15, 0.2) is 42.0 Å². The SMILES string of the molecule is CC(C)c1ccc(/C=C(\C#N)C(=O)Nc2ccc(Cl)cc2Cl)cc1[N+](=O)[O-]. The zero-order chi connectivity index (χ0) is 20.1. The van der Waals surface area contributed by atoms with E-state index in [4.69, 9.17) is 23.2 Å². The molecule has 0 atom stereocenters. The van der Waals surface area contributed by atoms with Gasteiger partial charge in [-0.05, 0) is 35.8 Å². The molecule has 6 nitrogen and oxygen atoms in total. The normalized spacial score (nSPS) is 11.2. The largest absolute Gasteiger partial charge is 0.320 e. The van der Waals surface area contributed by atoms with Gasteiger partial charge in [0.1, 0.15) is 11.6 Å². The molecular formula is C19H15Cl2N3O3. The Kier molecular flexibility index (Phi) is 6.56. The van der Waals surface area contributed by atoms with Gasteiger partial charge in [0.2, 0.25) is 0 Å². The number of amides is 1. The Balaban J connectivity index is 2.35. The summed E-state index contributed by atoms with van der Waals surface area (Å²) in [5, 5.41) is 23.7. The maximum absolute atomic E-state index is 12.4. The van der Waals surface area contributed by atoms with Crippen LogP contribution >= 0.6 is 23.2 Å². The lowest BCUT2D eigenvalue weighted by Gasteiger charge is -2.08. The van der Waals surface area contributed by atoms with E-state index in [1.54, 1.807) is 24.3 Å². The van der Waals surface area contributed by atoms with Gasteiger partial charge < -0.3 is 5.32 Å². The number of nitro groups is 1. The summed E-state index contributed by atoms with van der Waals surface area (Å²) in [6.45, 7) is 3.70. The maximum atomic E-state index is 12.4. The summed E-state index contributed by atoms with van der Waals surface area (Å²) in [6, 6.07) is 10.9. The number of hydrogen-bond acceptors (Lipinski definition) is 4. The third-order valence-corrected chi connectivity index (χ3v) is 4.28. The standard InChI is InChI=1S/C19H15Cl2N3O3/c1-11(2)15-5-3-12(8-18(15)24(26)27)7-13(10-22)19(25)23-17-6-4-14(20)9-16(17)21/h3-9,11H,1-2H3,(H,23,25)/b13-7+. The van der Waals surface area contributed by atoms with Crippen LogP contribution in [0.3, 0.4) is 0 Å². The molecule has 1 N–H and O–H groups in total. The smallest absolute Gasteiger partial charge is 0.273 e. The van der Waals surface area contributed by atoms with E-state index in [1.807, 2.05) is 13.8 Å². The number of nitrogens with zero attached hydrogens (tertiary/aromatic N) is 2. The third-order valence-electron chi connectivity index (χ3n) is 3.73. The molecule has 0 fully saturated rings. The van der Waals surface area contributed by atoms with Gasteiger partial charge in [-0.15, -0.1) is 0 Å². The van der Waals surface area contributed by atoms with Gasteiger partial charge >= 0.3 is 0 Å². The molecule has 0 aliphatic carbocycles.